The van der Waals surface area contributed by atoms with Crippen molar-refractivity contribution in [3.8, 4) is 0 Å². The summed E-state index contributed by atoms with van der Waals surface area (Å²) in [4.78, 5) is 15.1. The highest BCUT2D eigenvalue weighted by Gasteiger charge is 2.15. The number of benzene rings is 2. The SMILES string of the molecule is Cc1ccc(C)c(C(=O)CNc2ccccc2C(=N)SCN2CCCCC2)c1. The van der Waals surface area contributed by atoms with Crippen molar-refractivity contribution in [1.82, 2.24) is 4.90 Å². The van der Waals surface area contributed by atoms with Gasteiger partial charge in [-0.05, 0) is 57.5 Å². The molecule has 0 bridgehead atoms. The lowest BCUT2D eigenvalue weighted by Gasteiger charge is -2.26. The predicted octanol–water partition coefficient (Wildman–Crippen LogP) is 5.10. The summed E-state index contributed by atoms with van der Waals surface area (Å²) in [5, 5.41) is 12.3. The number of ketones is 1. The van der Waals surface area contributed by atoms with Crippen LogP contribution < -0.4 is 5.32 Å². The highest BCUT2D eigenvalue weighted by molar-refractivity contribution is 8.14. The summed E-state index contributed by atoms with van der Waals surface area (Å²) >= 11 is 1.57. The molecule has 1 aliphatic rings. The third-order valence-electron chi connectivity index (χ3n) is 5.14. The van der Waals surface area contributed by atoms with E-state index in [9.17, 15) is 4.79 Å². The predicted molar refractivity (Wildman–Crippen MR) is 120 cm³/mol. The van der Waals surface area contributed by atoms with Crippen LogP contribution in [0, 0.1) is 19.3 Å². The van der Waals surface area contributed by atoms with Gasteiger partial charge in [0, 0.05) is 16.8 Å². The van der Waals surface area contributed by atoms with Crippen LogP contribution in [0.2, 0.25) is 0 Å². The smallest absolute Gasteiger partial charge is 0.182 e. The van der Waals surface area contributed by atoms with E-state index in [1.54, 1.807) is 11.8 Å². The largest absolute Gasteiger partial charge is 0.377 e. The van der Waals surface area contributed by atoms with Crippen molar-refractivity contribution in [2.45, 2.75) is 33.1 Å². The first-order chi connectivity index (χ1) is 13.5. The third-order valence-corrected chi connectivity index (χ3v) is 6.15. The van der Waals surface area contributed by atoms with E-state index in [2.05, 4.69) is 10.2 Å². The number of carbonyl (C=O) groups excluding carboxylic acids is 1. The molecule has 28 heavy (non-hydrogen) atoms. The molecule has 0 spiro atoms. The summed E-state index contributed by atoms with van der Waals surface area (Å²) in [5.41, 5.74) is 4.55. The van der Waals surface area contributed by atoms with E-state index in [1.807, 2.05) is 56.3 Å². The highest BCUT2D eigenvalue weighted by Crippen LogP contribution is 2.23. The second kappa shape index (κ2) is 9.89. The summed E-state index contributed by atoms with van der Waals surface area (Å²) in [6.07, 6.45) is 3.83. The van der Waals surface area contributed by atoms with Crippen molar-refractivity contribution in [2.24, 2.45) is 0 Å². The number of anilines is 1. The second-order valence-corrected chi connectivity index (χ2v) is 8.38. The zero-order valence-corrected chi connectivity index (χ0v) is 17.6. The molecule has 2 aromatic rings. The molecule has 1 heterocycles. The average molecular weight is 396 g/mol. The maximum absolute atomic E-state index is 12.7. The van der Waals surface area contributed by atoms with Gasteiger partial charge in [-0.15, -0.1) is 0 Å². The molecule has 1 aliphatic heterocycles. The van der Waals surface area contributed by atoms with E-state index in [0.717, 1.165) is 46.9 Å². The van der Waals surface area contributed by atoms with Gasteiger partial charge in [-0.1, -0.05) is 54.1 Å². The second-order valence-electron chi connectivity index (χ2n) is 7.42. The number of para-hydroxylation sites is 1. The Hall–Kier alpha value is -2.11. The van der Waals surface area contributed by atoms with Gasteiger partial charge in [0.2, 0.25) is 0 Å². The molecule has 0 atom stereocenters. The molecular weight excluding hydrogens is 366 g/mol. The minimum absolute atomic E-state index is 0.0727. The fraction of sp³-hybridized carbons (Fsp3) is 0.391. The van der Waals surface area contributed by atoms with Gasteiger partial charge in [0.25, 0.3) is 0 Å². The number of nitrogens with zero attached hydrogens (tertiary/aromatic N) is 1. The summed E-state index contributed by atoms with van der Waals surface area (Å²) in [6.45, 7) is 6.45. The minimum Gasteiger partial charge on any atom is -0.377 e. The average Bonchev–Trinajstić information content (AvgIpc) is 2.73. The number of hydrogen-bond acceptors (Lipinski definition) is 5. The van der Waals surface area contributed by atoms with E-state index in [4.69, 9.17) is 5.41 Å². The molecule has 1 fully saturated rings. The molecule has 3 rings (SSSR count). The van der Waals surface area contributed by atoms with Gasteiger partial charge in [0.15, 0.2) is 5.78 Å². The van der Waals surface area contributed by atoms with Crippen LogP contribution >= 0.6 is 11.8 Å². The van der Waals surface area contributed by atoms with E-state index >= 15 is 0 Å². The Morgan fingerprint density at radius 1 is 1.07 bits per heavy atom. The number of piperidine rings is 1. The molecule has 0 amide bonds. The fourth-order valence-corrected chi connectivity index (χ4v) is 4.37. The molecule has 0 saturated carbocycles. The zero-order valence-electron chi connectivity index (χ0n) is 16.8. The molecule has 148 valence electrons. The van der Waals surface area contributed by atoms with Crippen molar-refractivity contribution < 1.29 is 4.79 Å². The quantitative estimate of drug-likeness (QED) is 0.389. The van der Waals surface area contributed by atoms with Crippen molar-refractivity contribution in [1.29, 1.82) is 5.41 Å². The van der Waals surface area contributed by atoms with Gasteiger partial charge in [-0.3, -0.25) is 15.1 Å². The number of aryl methyl sites for hydroxylation is 2. The van der Waals surface area contributed by atoms with Crippen LogP contribution in [0.15, 0.2) is 42.5 Å². The normalized spacial score (nSPS) is 14.6. The topological polar surface area (TPSA) is 56.2 Å². The summed E-state index contributed by atoms with van der Waals surface area (Å²) in [5.74, 6) is 0.928. The summed E-state index contributed by atoms with van der Waals surface area (Å²) < 4.78 is 0. The van der Waals surface area contributed by atoms with Gasteiger partial charge in [0.1, 0.15) is 0 Å². The molecule has 0 aliphatic carbocycles. The van der Waals surface area contributed by atoms with Crippen molar-refractivity contribution in [2.75, 3.05) is 30.8 Å². The Balaban J connectivity index is 1.62. The Labute approximate surface area is 172 Å². The Kier molecular flexibility index (Phi) is 7.29. The van der Waals surface area contributed by atoms with E-state index in [0.29, 0.717) is 5.04 Å². The molecule has 0 unspecified atom stereocenters. The molecule has 1 saturated heterocycles. The molecule has 0 aromatic heterocycles. The first-order valence-electron chi connectivity index (χ1n) is 9.92. The molecule has 0 radical (unpaired) electrons. The van der Waals surface area contributed by atoms with Crippen LogP contribution in [0.5, 0.6) is 0 Å². The first kappa shape index (κ1) is 20.6. The number of likely N-dealkylation sites (tertiary alicyclic amines) is 1. The number of Topliss-reactive ketones (excluding diaryl/α,β-unsaturated/α-hetero) is 1. The number of hydrogen-bond donors (Lipinski definition) is 2. The third kappa shape index (κ3) is 5.46. The van der Waals surface area contributed by atoms with Crippen LogP contribution in [0.25, 0.3) is 0 Å². The molecular formula is C23H29N3OS. The molecule has 5 heteroatoms. The number of thioether (sulfide) groups is 1. The maximum atomic E-state index is 12.7. The van der Waals surface area contributed by atoms with E-state index in [-0.39, 0.29) is 12.3 Å². The van der Waals surface area contributed by atoms with Gasteiger partial charge in [-0.25, -0.2) is 0 Å². The van der Waals surface area contributed by atoms with Crippen molar-refractivity contribution in [3.05, 3.63) is 64.7 Å². The monoisotopic (exact) mass is 395 g/mol. The lowest BCUT2D eigenvalue weighted by atomic mass is 10.0. The minimum atomic E-state index is 0.0727. The number of rotatable bonds is 7. The fourth-order valence-electron chi connectivity index (χ4n) is 3.46. The Bertz CT molecular complexity index is 843. The molecule has 2 N–H and O–H groups in total. The lowest BCUT2D eigenvalue weighted by molar-refractivity contribution is 0.101. The van der Waals surface area contributed by atoms with Gasteiger partial charge in [0.05, 0.1) is 17.5 Å². The standard InChI is InChI=1S/C23H29N3OS/c1-17-10-11-18(2)20(14-17)22(27)15-25-21-9-5-4-8-19(21)23(24)28-16-26-12-6-3-7-13-26/h4-5,8-11,14,24-25H,3,6-7,12-13,15-16H2,1-2H3. The van der Waals surface area contributed by atoms with Crippen molar-refractivity contribution in [3.63, 3.8) is 0 Å². The van der Waals surface area contributed by atoms with E-state index < -0.39 is 0 Å². The number of nitrogens with one attached hydrogen (secondary N) is 2. The zero-order chi connectivity index (χ0) is 19.9. The van der Waals surface area contributed by atoms with Crippen molar-refractivity contribution >= 4 is 28.3 Å². The first-order valence-corrected chi connectivity index (χ1v) is 10.9. The Morgan fingerprint density at radius 3 is 2.61 bits per heavy atom. The lowest BCUT2D eigenvalue weighted by Crippen LogP contribution is -2.29. The van der Waals surface area contributed by atoms with Crippen LogP contribution in [0.3, 0.4) is 0 Å². The number of carbonyl (C=O) groups is 1. The van der Waals surface area contributed by atoms with Crippen LogP contribution in [0.4, 0.5) is 5.69 Å². The molecule has 4 nitrogen and oxygen atoms in total. The maximum Gasteiger partial charge on any atom is 0.182 e. The van der Waals surface area contributed by atoms with Crippen LogP contribution in [0.1, 0.15) is 46.3 Å². The van der Waals surface area contributed by atoms with E-state index in [1.165, 1.54) is 19.3 Å². The van der Waals surface area contributed by atoms with Crippen LogP contribution in [-0.4, -0.2) is 41.2 Å². The van der Waals surface area contributed by atoms with Gasteiger partial charge < -0.3 is 5.32 Å². The molecule has 2 aromatic carbocycles. The Morgan fingerprint density at radius 2 is 1.82 bits per heavy atom. The highest BCUT2D eigenvalue weighted by atomic mass is 32.2. The van der Waals surface area contributed by atoms with Gasteiger partial charge >= 0.3 is 0 Å². The van der Waals surface area contributed by atoms with Crippen LogP contribution in [-0.2, 0) is 0 Å². The summed E-state index contributed by atoms with van der Waals surface area (Å²) in [7, 11) is 0. The van der Waals surface area contributed by atoms with Gasteiger partial charge in [-0.2, -0.15) is 0 Å². The summed E-state index contributed by atoms with van der Waals surface area (Å²) in [6, 6.07) is 13.7.